The number of halogens is 1. The van der Waals surface area contributed by atoms with E-state index >= 15 is 0 Å². The van der Waals surface area contributed by atoms with Gasteiger partial charge in [0.2, 0.25) is 0 Å². The van der Waals surface area contributed by atoms with E-state index in [1.807, 2.05) is 24.4 Å². The predicted octanol–water partition coefficient (Wildman–Crippen LogP) is 5.59. The number of hydrogen-bond donors (Lipinski definition) is 0. The second-order valence-electron chi connectivity index (χ2n) is 6.23. The first-order chi connectivity index (χ1) is 12.1. The zero-order valence-electron chi connectivity index (χ0n) is 14.4. The van der Waals surface area contributed by atoms with Gasteiger partial charge >= 0.3 is 0 Å². The van der Waals surface area contributed by atoms with E-state index in [9.17, 15) is 0 Å². The number of fused-ring (bicyclic) bond motifs is 1. The average Bonchev–Trinajstić information content (AvgIpc) is 2.88. The molecule has 25 heavy (non-hydrogen) atoms. The third-order valence-corrected chi connectivity index (χ3v) is 8.15. The number of aryl methyl sites for hydroxylation is 1. The van der Waals surface area contributed by atoms with Gasteiger partial charge in [-0.3, -0.25) is 0 Å². The molecule has 2 aromatic carbocycles. The molecule has 1 atom stereocenters. The van der Waals surface area contributed by atoms with Gasteiger partial charge in [0.05, 0.1) is 11.9 Å². The van der Waals surface area contributed by atoms with E-state index < -0.39 is 6.77 Å². The van der Waals surface area contributed by atoms with Gasteiger partial charge in [-0.25, -0.2) is 4.78 Å². The van der Waals surface area contributed by atoms with Crippen molar-refractivity contribution in [1.82, 2.24) is 4.57 Å². The number of nitrogens with zero attached hydrogens (tertiary/aromatic N) is 3. The number of anilines is 1. The van der Waals surface area contributed by atoms with Gasteiger partial charge in [-0.05, 0) is 60.5 Å². The fraction of sp³-hybridized carbons (Fsp3) is 0.150. The Balaban J connectivity index is 1.83. The van der Waals surface area contributed by atoms with Crippen LogP contribution >= 0.6 is 22.3 Å². The summed E-state index contributed by atoms with van der Waals surface area (Å²) in [5, 5.41) is 6.06. The van der Waals surface area contributed by atoms with Gasteiger partial charge in [0.1, 0.15) is 6.77 Å². The van der Waals surface area contributed by atoms with E-state index in [2.05, 4.69) is 82.0 Å². The molecule has 0 saturated carbocycles. The van der Waals surface area contributed by atoms with Crippen molar-refractivity contribution in [1.29, 1.82) is 0 Å². The van der Waals surface area contributed by atoms with Gasteiger partial charge in [-0.1, -0.05) is 35.9 Å². The van der Waals surface area contributed by atoms with Gasteiger partial charge in [0.15, 0.2) is 0 Å². The lowest BCUT2D eigenvalue weighted by Crippen LogP contribution is -2.22. The molecule has 3 nitrogen and oxygen atoms in total. The normalized spacial score (nSPS) is 16.2. The second kappa shape index (κ2) is 6.44. The van der Waals surface area contributed by atoms with Crippen LogP contribution in [0.15, 0.2) is 59.7 Å². The molecular formula is C20H19BrN3P. The third kappa shape index (κ3) is 2.74. The Morgan fingerprint density at radius 1 is 0.840 bits per heavy atom. The Morgan fingerprint density at radius 3 is 2.20 bits per heavy atom. The van der Waals surface area contributed by atoms with Crippen LogP contribution in [0.5, 0.6) is 0 Å². The summed E-state index contributed by atoms with van der Waals surface area (Å²) in [5.74, 6) is 0. The molecule has 5 heteroatoms. The van der Waals surface area contributed by atoms with E-state index in [-0.39, 0.29) is 0 Å². The zero-order chi connectivity index (χ0) is 17.6. The first-order valence-electron chi connectivity index (χ1n) is 8.22. The summed E-state index contributed by atoms with van der Waals surface area (Å²) in [6.07, 6.45) is 2.00. The predicted molar refractivity (Wildman–Crippen MR) is 112 cm³/mol. The number of para-hydroxylation sites is 1. The number of benzene rings is 2. The smallest absolute Gasteiger partial charge is 0.121 e. The largest absolute Gasteiger partial charge is 0.317 e. The van der Waals surface area contributed by atoms with Crippen LogP contribution in [0.1, 0.15) is 22.5 Å². The molecule has 126 valence electrons. The van der Waals surface area contributed by atoms with Crippen molar-refractivity contribution in [3.63, 3.8) is 0 Å². The van der Waals surface area contributed by atoms with Gasteiger partial charge in [0, 0.05) is 27.9 Å². The Hall–Kier alpha value is -1.90. The first kappa shape index (κ1) is 16.6. The summed E-state index contributed by atoms with van der Waals surface area (Å²) >= 11 is 3.94. The lowest BCUT2D eigenvalue weighted by atomic mass is 10.2. The maximum atomic E-state index is 4.72. The van der Waals surface area contributed by atoms with Crippen molar-refractivity contribution < 1.29 is 0 Å². The fourth-order valence-corrected chi connectivity index (χ4v) is 6.89. The van der Waals surface area contributed by atoms with Crippen LogP contribution in [-0.2, 0) is 0 Å². The van der Waals surface area contributed by atoms with Gasteiger partial charge in [-0.2, -0.15) is 5.10 Å². The van der Waals surface area contributed by atoms with Crippen LogP contribution in [0.25, 0.3) is 5.69 Å². The maximum Gasteiger partial charge on any atom is 0.121 e. The zero-order valence-corrected chi connectivity index (χ0v) is 16.9. The maximum absolute atomic E-state index is 4.72. The number of hydrogen-bond acceptors (Lipinski definition) is 2. The third-order valence-electron chi connectivity index (χ3n) is 4.58. The first-order valence-corrected chi connectivity index (χ1v) is 11.5. The van der Waals surface area contributed by atoms with Crippen molar-refractivity contribution in [2.45, 2.75) is 20.8 Å². The van der Waals surface area contributed by atoms with Crippen LogP contribution < -0.4 is 10.1 Å². The van der Waals surface area contributed by atoms with Gasteiger partial charge in [-0.15, -0.1) is 0 Å². The van der Waals surface area contributed by atoms with E-state index in [4.69, 9.17) is 5.10 Å². The summed E-state index contributed by atoms with van der Waals surface area (Å²) in [4.78, 5) is 0. The Labute approximate surface area is 157 Å². The lowest BCUT2D eigenvalue weighted by Gasteiger charge is -2.28. The minimum atomic E-state index is -0.733. The second-order valence-corrected chi connectivity index (χ2v) is 9.60. The van der Waals surface area contributed by atoms with Crippen LogP contribution in [0.4, 0.5) is 5.69 Å². The molecule has 0 bridgehead atoms. The highest BCUT2D eigenvalue weighted by molar-refractivity contribution is 9.40. The molecule has 1 aliphatic heterocycles. The molecule has 0 spiro atoms. The average molecular weight is 412 g/mol. The summed E-state index contributed by atoms with van der Waals surface area (Å²) < 4.78 is 4.42. The fourth-order valence-electron chi connectivity index (χ4n) is 3.29. The lowest BCUT2D eigenvalue weighted by molar-refractivity contribution is 0.967. The van der Waals surface area contributed by atoms with Crippen molar-refractivity contribution >= 4 is 39.5 Å². The molecule has 2 heterocycles. The minimum Gasteiger partial charge on any atom is -0.317 e. The molecule has 0 saturated heterocycles. The van der Waals surface area contributed by atoms with Crippen molar-refractivity contribution in [3.8, 4) is 5.69 Å². The molecule has 0 aliphatic carbocycles. The summed E-state index contributed by atoms with van der Waals surface area (Å²) in [6.45, 7) is 5.76. The number of rotatable bonds is 2. The molecule has 0 amide bonds. The van der Waals surface area contributed by atoms with E-state index in [0.29, 0.717) is 0 Å². The van der Waals surface area contributed by atoms with E-state index in [0.717, 1.165) is 5.69 Å². The summed E-state index contributed by atoms with van der Waals surface area (Å²) in [6, 6.07) is 19.0. The number of aromatic nitrogens is 1. The Bertz CT molecular complexity index is 945. The molecule has 4 rings (SSSR count). The molecule has 1 unspecified atom stereocenters. The van der Waals surface area contributed by atoms with Crippen molar-refractivity contribution in [2.75, 3.05) is 4.78 Å². The van der Waals surface area contributed by atoms with Crippen LogP contribution in [0, 0.1) is 20.8 Å². The van der Waals surface area contributed by atoms with Gasteiger partial charge < -0.3 is 4.57 Å². The highest BCUT2D eigenvalue weighted by atomic mass is 79.9. The quantitative estimate of drug-likeness (QED) is 0.503. The molecule has 1 aliphatic rings. The van der Waals surface area contributed by atoms with E-state index in [1.54, 1.807) is 0 Å². The SMILES string of the molecule is Cc1ccc(-n2c(C)c3c(c2C)P(Br)N(c2ccccc2)N=C3)cc1. The topological polar surface area (TPSA) is 20.5 Å². The van der Waals surface area contributed by atoms with Crippen LogP contribution in [-0.4, -0.2) is 10.8 Å². The summed E-state index contributed by atoms with van der Waals surface area (Å²) in [7, 11) is 0. The molecule has 1 aromatic heterocycles. The summed E-state index contributed by atoms with van der Waals surface area (Å²) in [5.41, 5.74) is 7.31. The highest BCUT2D eigenvalue weighted by Gasteiger charge is 2.30. The molecular weight excluding hydrogens is 393 g/mol. The molecule has 3 aromatic rings. The van der Waals surface area contributed by atoms with Crippen LogP contribution in [0.2, 0.25) is 0 Å². The standard InChI is InChI=1S/C20H19BrN3P/c1-14-9-11-17(12-10-14)23-15(2)19-13-22-24(18-7-5-4-6-8-18)25(21)20(19)16(23)3/h4-13H,1-3H3. The molecule has 0 radical (unpaired) electrons. The van der Waals surface area contributed by atoms with Crippen molar-refractivity contribution in [2.24, 2.45) is 5.10 Å². The minimum absolute atomic E-state index is 0.733. The number of hydrazone groups is 1. The van der Waals surface area contributed by atoms with Gasteiger partial charge in [0.25, 0.3) is 0 Å². The highest BCUT2D eigenvalue weighted by Crippen LogP contribution is 2.53. The van der Waals surface area contributed by atoms with Crippen LogP contribution in [0.3, 0.4) is 0 Å². The van der Waals surface area contributed by atoms with E-state index in [1.165, 1.54) is 33.5 Å². The molecule has 0 fully saturated rings. The Morgan fingerprint density at radius 2 is 1.52 bits per heavy atom. The monoisotopic (exact) mass is 411 g/mol. The van der Waals surface area contributed by atoms with Crippen molar-refractivity contribution in [3.05, 3.63) is 77.1 Å². The Kier molecular flexibility index (Phi) is 4.26. The molecule has 0 N–H and O–H groups in total.